The van der Waals surface area contributed by atoms with Gasteiger partial charge in [0, 0.05) is 18.5 Å². The normalized spacial score (nSPS) is 22.7. The molecule has 0 aliphatic carbocycles. The fraction of sp³-hybridized carbons (Fsp3) is 0.462. The van der Waals surface area contributed by atoms with Crippen molar-refractivity contribution in [1.29, 1.82) is 0 Å². The summed E-state index contributed by atoms with van der Waals surface area (Å²) in [6.07, 6.45) is 0.628. The predicted octanol–water partition coefficient (Wildman–Crippen LogP) is 0.655. The lowest BCUT2D eigenvalue weighted by Crippen LogP contribution is -2.33. The fourth-order valence-electron chi connectivity index (χ4n) is 1.95. The Bertz CT molecular complexity index is 511. The third-order valence-corrected chi connectivity index (χ3v) is 3.74. The highest BCUT2D eigenvalue weighted by molar-refractivity contribution is 7.10. The molecule has 1 amide bonds. The zero-order valence-electron chi connectivity index (χ0n) is 10.3. The van der Waals surface area contributed by atoms with Crippen molar-refractivity contribution in [2.75, 3.05) is 19.6 Å². The first-order valence-electron chi connectivity index (χ1n) is 5.81. The molecule has 1 aliphatic rings. The highest BCUT2D eigenvalue weighted by Gasteiger charge is 2.34. The second-order valence-corrected chi connectivity index (χ2v) is 5.59. The maximum atomic E-state index is 12.2. The van der Waals surface area contributed by atoms with Gasteiger partial charge in [0.25, 0.3) is 5.91 Å². The van der Waals surface area contributed by atoms with Crippen LogP contribution in [0.5, 0.6) is 0 Å². The number of β-amino-alcohol motifs (C(OH)–C–C–N with tert-alkyl or cyclic N) is 1. The molecule has 1 saturated heterocycles. The molecular weight excluding hydrogens is 248 g/mol. The molecular formula is C13H16N2O2S. The SMILES string of the molecule is CC1(O)CCN(C(=O)c2csc(C#CCN)c2)C1. The number of hydrogen-bond acceptors (Lipinski definition) is 4. The monoisotopic (exact) mass is 264 g/mol. The molecule has 0 saturated carbocycles. The standard InChI is InChI=1S/C13H16N2O2S/c1-13(17)4-6-15(9-13)12(16)10-7-11(18-8-10)3-2-5-14/h7-8,17H,4-6,9,14H2,1H3. The van der Waals surface area contributed by atoms with Gasteiger partial charge in [0.15, 0.2) is 0 Å². The summed E-state index contributed by atoms with van der Waals surface area (Å²) in [7, 11) is 0. The Morgan fingerprint density at radius 2 is 2.50 bits per heavy atom. The molecule has 5 heteroatoms. The van der Waals surface area contributed by atoms with E-state index in [0.29, 0.717) is 31.6 Å². The lowest BCUT2D eigenvalue weighted by Gasteiger charge is -2.18. The van der Waals surface area contributed by atoms with Crippen LogP contribution in [0, 0.1) is 11.8 Å². The largest absolute Gasteiger partial charge is 0.388 e. The molecule has 3 N–H and O–H groups in total. The number of rotatable bonds is 1. The Morgan fingerprint density at radius 1 is 1.72 bits per heavy atom. The second kappa shape index (κ2) is 5.11. The number of likely N-dealkylation sites (tertiary alicyclic amines) is 1. The summed E-state index contributed by atoms with van der Waals surface area (Å²) in [6, 6.07) is 1.78. The van der Waals surface area contributed by atoms with Gasteiger partial charge in [0.05, 0.1) is 22.6 Å². The zero-order chi connectivity index (χ0) is 13.2. The van der Waals surface area contributed by atoms with Crippen LogP contribution < -0.4 is 5.73 Å². The van der Waals surface area contributed by atoms with Gasteiger partial charge in [-0.2, -0.15) is 0 Å². The van der Waals surface area contributed by atoms with Gasteiger partial charge in [-0.25, -0.2) is 0 Å². The minimum atomic E-state index is -0.756. The van der Waals surface area contributed by atoms with Crippen molar-refractivity contribution in [3.8, 4) is 11.8 Å². The lowest BCUT2D eigenvalue weighted by molar-refractivity contribution is 0.0572. The number of aliphatic hydroxyl groups is 1. The summed E-state index contributed by atoms with van der Waals surface area (Å²) in [5, 5.41) is 11.7. The van der Waals surface area contributed by atoms with E-state index in [9.17, 15) is 9.90 Å². The summed E-state index contributed by atoms with van der Waals surface area (Å²) in [4.78, 5) is 14.7. The van der Waals surface area contributed by atoms with Gasteiger partial charge in [0.2, 0.25) is 0 Å². The van der Waals surface area contributed by atoms with Gasteiger partial charge in [-0.05, 0) is 19.4 Å². The van der Waals surface area contributed by atoms with Crippen LogP contribution in [0.4, 0.5) is 0 Å². The number of carbonyl (C=O) groups excluding carboxylic acids is 1. The second-order valence-electron chi connectivity index (χ2n) is 4.68. The number of nitrogens with two attached hydrogens (primary N) is 1. The zero-order valence-corrected chi connectivity index (χ0v) is 11.1. The number of carbonyl (C=O) groups is 1. The number of nitrogens with zero attached hydrogens (tertiary/aromatic N) is 1. The van der Waals surface area contributed by atoms with Crippen LogP contribution in [-0.2, 0) is 0 Å². The molecule has 0 spiro atoms. The third kappa shape index (κ3) is 2.91. The van der Waals surface area contributed by atoms with E-state index in [1.165, 1.54) is 11.3 Å². The first-order chi connectivity index (χ1) is 8.52. The molecule has 1 aromatic heterocycles. The average Bonchev–Trinajstić information content (AvgIpc) is 2.92. The van der Waals surface area contributed by atoms with Crippen LogP contribution in [0.3, 0.4) is 0 Å². The molecule has 18 heavy (non-hydrogen) atoms. The summed E-state index contributed by atoms with van der Waals surface area (Å²) < 4.78 is 0. The van der Waals surface area contributed by atoms with Crippen molar-refractivity contribution >= 4 is 17.2 Å². The third-order valence-electron chi connectivity index (χ3n) is 2.90. The van der Waals surface area contributed by atoms with E-state index < -0.39 is 5.60 Å². The molecule has 1 aliphatic heterocycles. The summed E-state index contributed by atoms with van der Waals surface area (Å²) in [6.45, 7) is 3.07. The molecule has 1 unspecified atom stereocenters. The predicted molar refractivity (Wildman–Crippen MR) is 71.4 cm³/mol. The Labute approximate surface area is 110 Å². The maximum absolute atomic E-state index is 12.2. The summed E-state index contributed by atoms with van der Waals surface area (Å²) in [5.41, 5.74) is 5.18. The molecule has 2 rings (SSSR count). The summed E-state index contributed by atoms with van der Waals surface area (Å²) >= 11 is 1.44. The van der Waals surface area contributed by atoms with E-state index >= 15 is 0 Å². The van der Waals surface area contributed by atoms with E-state index in [1.807, 2.05) is 0 Å². The van der Waals surface area contributed by atoms with Gasteiger partial charge < -0.3 is 15.7 Å². The average molecular weight is 264 g/mol. The van der Waals surface area contributed by atoms with Crippen LogP contribution in [0.1, 0.15) is 28.6 Å². The Balaban J connectivity index is 2.08. The maximum Gasteiger partial charge on any atom is 0.254 e. The highest BCUT2D eigenvalue weighted by atomic mass is 32.1. The molecule has 0 aromatic carbocycles. The first-order valence-corrected chi connectivity index (χ1v) is 6.69. The van der Waals surface area contributed by atoms with Crippen LogP contribution in [0.25, 0.3) is 0 Å². The van der Waals surface area contributed by atoms with Crippen molar-refractivity contribution < 1.29 is 9.90 Å². The minimum Gasteiger partial charge on any atom is -0.388 e. The molecule has 1 aromatic rings. The Morgan fingerprint density at radius 3 is 3.11 bits per heavy atom. The topological polar surface area (TPSA) is 66.6 Å². The van der Waals surface area contributed by atoms with E-state index in [4.69, 9.17) is 5.73 Å². The van der Waals surface area contributed by atoms with Gasteiger partial charge in [-0.1, -0.05) is 11.8 Å². The minimum absolute atomic E-state index is 0.0372. The van der Waals surface area contributed by atoms with Gasteiger partial charge in [0.1, 0.15) is 0 Å². The fourth-order valence-corrected chi connectivity index (χ4v) is 2.70. The van der Waals surface area contributed by atoms with E-state index in [2.05, 4.69) is 11.8 Å². The van der Waals surface area contributed by atoms with E-state index in [1.54, 1.807) is 23.3 Å². The van der Waals surface area contributed by atoms with Gasteiger partial charge in [-0.3, -0.25) is 4.79 Å². The Hall–Kier alpha value is -1.35. The quantitative estimate of drug-likeness (QED) is 0.732. The van der Waals surface area contributed by atoms with Crippen LogP contribution >= 0.6 is 11.3 Å². The highest BCUT2D eigenvalue weighted by Crippen LogP contribution is 2.23. The summed E-state index contributed by atoms with van der Waals surface area (Å²) in [5.74, 6) is 5.64. The smallest absolute Gasteiger partial charge is 0.254 e. The molecule has 96 valence electrons. The molecule has 1 fully saturated rings. The van der Waals surface area contributed by atoms with Gasteiger partial charge >= 0.3 is 0 Å². The molecule has 0 bridgehead atoms. The van der Waals surface area contributed by atoms with Gasteiger partial charge in [-0.15, -0.1) is 11.3 Å². The van der Waals surface area contributed by atoms with Crippen molar-refractivity contribution in [2.45, 2.75) is 18.9 Å². The van der Waals surface area contributed by atoms with Crippen LogP contribution in [-0.4, -0.2) is 41.1 Å². The molecule has 4 nitrogen and oxygen atoms in total. The lowest BCUT2D eigenvalue weighted by atomic mass is 10.1. The van der Waals surface area contributed by atoms with Crippen molar-refractivity contribution in [1.82, 2.24) is 4.90 Å². The Kier molecular flexibility index (Phi) is 3.71. The first kappa shape index (κ1) is 13.1. The van der Waals surface area contributed by atoms with Crippen molar-refractivity contribution in [2.24, 2.45) is 5.73 Å². The molecule has 2 heterocycles. The van der Waals surface area contributed by atoms with Crippen molar-refractivity contribution in [3.63, 3.8) is 0 Å². The van der Waals surface area contributed by atoms with E-state index in [-0.39, 0.29) is 5.91 Å². The number of hydrogen-bond donors (Lipinski definition) is 2. The van der Waals surface area contributed by atoms with Crippen molar-refractivity contribution in [3.05, 3.63) is 21.9 Å². The molecule has 0 radical (unpaired) electrons. The molecule has 1 atom stereocenters. The van der Waals surface area contributed by atoms with Crippen LogP contribution in [0.15, 0.2) is 11.4 Å². The number of thiophene rings is 1. The number of amides is 1. The van der Waals surface area contributed by atoms with Crippen LogP contribution in [0.2, 0.25) is 0 Å². The van der Waals surface area contributed by atoms with E-state index in [0.717, 1.165) is 4.88 Å².